The van der Waals surface area contributed by atoms with Crippen molar-refractivity contribution in [1.82, 2.24) is 0 Å². The van der Waals surface area contributed by atoms with Crippen LogP contribution in [0.1, 0.15) is 11.1 Å². The number of hydrogen-bond donors (Lipinski definition) is 1. The number of hydrogen-bond acceptors (Lipinski definition) is 3. The summed E-state index contributed by atoms with van der Waals surface area (Å²) in [6.45, 7) is 1.64. The zero-order chi connectivity index (χ0) is 10.9. The van der Waals surface area contributed by atoms with Gasteiger partial charge < -0.3 is 0 Å². The van der Waals surface area contributed by atoms with Crippen LogP contribution in [0.25, 0.3) is 0 Å². The Bertz CT molecular complexity index is 517. The lowest BCUT2D eigenvalue weighted by molar-refractivity contribution is 0.597. The number of rotatable bonds is 1. The Hall–Kier alpha value is -1.09. The highest BCUT2D eigenvalue weighted by molar-refractivity contribution is 7.89. The second-order valence-corrected chi connectivity index (χ2v) is 4.69. The van der Waals surface area contributed by atoms with E-state index in [1.807, 2.05) is 0 Å². The van der Waals surface area contributed by atoms with E-state index in [0.29, 0.717) is 10.6 Å². The number of sulfonamides is 1. The molecule has 1 aromatic carbocycles. The summed E-state index contributed by atoms with van der Waals surface area (Å²) in [6.07, 6.45) is 0. The van der Waals surface area contributed by atoms with Gasteiger partial charge in [-0.05, 0) is 24.6 Å². The molecule has 0 bridgehead atoms. The van der Waals surface area contributed by atoms with Crippen molar-refractivity contribution in [1.29, 1.82) is 5.26 Å². The van der Waals surface area contributed by atoms with Crippen LogP contribution < -0.4 is 5.14 Å². The first-order valence-electron chi connectivity index (χ1n) is 3.59. The molecular weight excluding hydrogens is 224 g/mol. The molecule has 0 aliphatic heterocycles. The van der Waals surface area contributed by atoms with Crippen molar-refractivity contribution in [3.63, 3.8) is 0 Å². The number of halogens is 1. The van der Waals surface area contributed by atoms with Crippen LogP contribution in [-0.2, 0) is 10.0 Å². The largest absolute Gasteiger partial charge is 0.239 e. The summed E-state index contributed by atoms with van der Waals surface area (Å²) >= 11 is 5.73. The van der Waals surface area contributed by atoms with Gasteiger partial charge in [-0.1, -0.05) is 11.6 Å². The minimum Gasteiger partial charge on any atom is -0.225 e. The van der Waals surface area contributed by atoms with Crippen molar-refractivity contribution in [2.75, 3.05) is 0 Å². The van der Waals surface area contributed by atoms with Crippen LogP contribution in [0.3, 0.4) is 0 Å². The number of benzene rings is 1. The first kappa shape index (κ1) is 11.0. The van der Waals surface area contributed by atoms with Crippen molar-refractivity contribution >= 4 is 21.6 Å². The van der Waals surface area contributed by atoms with Gasteiger partial charge in [0.1, 0.15) is 6.07 Å². The maximum absolute atomic E-state index is 11.1. The normalized spacial score (nSPS) is 11.0. The molecule has 0 radical (unpaired) electrons. The van der Waals surface area contributed by atoms with Crippen molar-refractivity contribution in [2.45, 2.75) is 11.8 Å². The predicted molar refractivity (Wildman–Crippen MR) is 52.3 cm³/mol. The van der Waals surface area contributed by atoms with Crippen molar-refractivity contribution in [2.24, 2.45) is 5.14 Å². The summed E-state index contributed by atoms with van der Waals surface area (Å²) in [7, 11) is -3.87. The molecule has 0 saturated carbocycles. The van der Waals surface area contributed by atoms with Gasteiger partial charge in [-0.2, -0.15) is 5.26 Å². The summed E-state index contributed by atoms with van der Waals surface area (Å²) in [4.78, 5) is -0.193. The molecule has 0 aliphatic rings. The van der Waals surface area contributed by atoms with E-state index in [-0.39, 0.29) is 10.5 Å². The zero-order valence-corrected chi connectivity index (χ0v) is 8.85. The molecule has 4 nitrogen and oxygen atoms in total. The lowest BCUT2D eigenvalue weighted by atomic mass is 10.2. The first-order chi connectivity index (χ1) is 6.36. The molecule has 0 saturated heterocycles. The quantitative estimate of drug-likeness (QED) is 0.786. The van der Waals surface area contributed by atoms with E-state index < -0.39 is 10.0 Å². The average molecular weight is 231 g/mol. The van der Waals surface area contributed by atoms with Crippen molar-refractivity contribution in [3.05, 3.63) is 28.3 Å². The van der Waals surface area contributed by atoms with Gasteiger partial charge in [0.05, 0.1) is 10.5 Å². The van der Waals surface area contributed by atoms with Crippen LogP contribution in [-0.4, -0.2) is 8.42 Å². The van der Waals surface area contributed by atoms with E-state index in [4.69, 9.17) is 22.0 Å². The summed E-state index contributed by atoms with van der Waals surface area (Å²) in [5.74, 6) is 0. The van der Waals surface area contributed by atoms with Gasteiger partial charge in [0.15, 0.2) is 0 Å². The van der Waals surface area contributed by atoms with E-state index in [1.165, 1.54) is 12.1 Å². The third-order valence-electron chi connectivity index (χ3n) is 1.69. The summed E-state index contributed by atoms with van der Waals surface area (Å²) < 4.78 is 22.1. The van der Waals surface area contributed by atoms with Crippen molar-refractivity contribution < 1.29 is 8.42 Å². The minimum atomic E-state index is -3.87. The summed E-state index contributed by atoms with van der Waals surface area (Å²) in [5.41, 5.74) is 0.526. The van der Waals surface area contributed by atoms with Crippen molar-refractivity contribution in [3.8, 4) is 6.07 Å². The molecule has 0 aliphatic carbocycles. The maximum atomic E-state index is 11.1. The number of nitrogens with zero attached hydrogens (tertiary/aromatic N) is 1. The molecule has 0 unspecified atom stereocenters. The topological polar surface area (TPSA) is 84.0 Å². The zero-order valence-electron chi connectivity index (χ0n) is 7.28. The summed E-state index contributed by atoms with van der Waals surface area (Å²) in [6, 6.07) is 4.30. The number of nitrogens with two attached hydrogens (primary N) is 1. The lowest BCUT2D eigenvalue weighted by Gasteiger charge is -2.04. The monoisotopic (exact) mass is 230 g/mol. The molecule has 0 aromatic heterocycles. The van der Waals surface area contributed by atoms with Gasteiger partial charge in [0.25, 0.3) is 0 Å². The highest BCUT2D eigenvalue weighted by Crippen LogP contribution is 2.22. The van der Waals surface area contributed by atoms with E-state index >= 15 is 0 Å². The van der Waals surface area contributed by atoms with Crippen LogP contribution in [0.4, 0.5) is 0 Å². The average Bonchev–Trinajstić information content (AvgIpc) is 2.07. The predicted octanol–water partition coefficient (Wildman–Crippen LogP) is 1.17. The van der Waals surface area contributed by atoms with Gasteiger partial charge in [0, 0.05) is 5.02 Å². The van der Waals surface area contributed by atoms with Crippen LogP contribution in [0.2, 0.25) is 5.02 Å². The Morgan fingerprint density at radius 3 is 2.50 bits per heavy atom. The fraction of sp³-hybridized carbons (Fsp3) is 0.125. The van der Waals surface area contributed by atoms with Gasteiger partial charge in [0.2, 0.25) is 10.0 Å². The fourth-order valence-corrected chi connectivity index (χ4v) is 1.89. The third-order valence-corrected chi connectivity index (χ3v) is 3.05. The molecular formula is C8H7ClN2O2S. The molecule has 0 atom stereocenters. The maximum Gasteiger partial charge on any atom is 0.239 e. The molecule has 6 heteroatoms. The third kappa shape index (κ3) is 2.04. The second kappa shape index (κ2) is 3.58. The highest BCUT2D eigenvalue weighted by Gasteiger charge is 2.15. The molecule has 74 valence electrons. The Kier molecular flexibility index (Phi) is 2.81. The first-order valence-corrected chi connectivity index (χ1v) is 5.51. The molecule has 1 rings (SSSR count). The van der Waals surface area contributed by atoms with E-state index in [1.54, 1.807) is 13.0 Å². The van der Waals surface area contributed by atoms with Gasteiger partial charge in [-0.25, -0.2) is 13.6 Å². The number of primary sulfonamides is 1. The van der Waals surface area contributed by atoms with E-state index in [9.17, 15) is 8.42 Å². The SMILES string of the molecule is Cc1cc(S(N)(=O)=O)c(C#N)cc1Cl. The lowest BCUT2D eigenvalue weighted by Crippen LogP contribution is -2.14. The van der Waals surface area contributed by atoms with Crippen LogP contribution in [0.15, 0.2) is 17.0 Å². The van der Waals surface area contributed by atoms with E-state index in [0.717, 1.165) is 0 Å². The minimum absolute atomic E-state index is 0.0388. The standard InChI is InChI=1S/C8H7ClN2O2S/c1-5-2-8(14(11,12)13)6(4-10)3-7(5)9/h2-3H,1H3,(H2,11,12,13). The highest BCUT2D eigenvalue weighted by atomic mass is 35.5. The molecule has 14 heavy (non-hydrogen) atoms. The molecule has 1 aromatic rings. The Balaban J connectivity index is 3.61. The van der Waals surface area contributed by atoms with Crippen LogP contribution >= 0.6 is 11.6 Å². The van der Waals surface area contributed by atoms with Crippen LogP contribution in [0, 0.1) is 18.3 Å². The fourth-order valence-electron chi connectivity index (χ4n) is 0.978. The number of aryl methyl sites for hydroxylation is 1. The summed E-state index contributed by atoms with van der Waals surface area (Å²) in [5, 5.41) is 13.9. The van der Waals surface area contributed by atoms with E-state index in [2.05, 4.69) is 0 Å². The Morgan fingerprint density at radius 2 is 2.07 bits per heavy atom. The Labute approximate surface area is 87.0 Å². The van der Waals surface area contributed by atoms with Crippen LogP contribution in [0.5, 0.6) is 0 Å². The smallest absolute Gasteiger partial charge is 0.225 e. The number of nitriles is 1. The molecule has 0 spiro atoms. The molecule has 2 N–H and O–H groups in total. The van der Waals surface area contributed by atoms with Gasteiger partial charge >= 0.3 is 0 Å². The molecule has 0 fully saturated rings. The van der Waals surface area contributed by atoms with Gasteiger partial charge in [-0.3, -0.25) is 0 Å². The second-order valence-electron chi connectivity index (χ2n) is 2.75. The molecule has 0 amide bonds. The molecule has 0 heterocycles. The Morgan fingerprint density at radius 1 is 1.50 bits per heavy atom. The van der Waals surface area contributed by atoms with Gasteiger partial charge in [-0.15, -0.1) is 0 Å².